The smallest absolute Gasteiger partial charge is 0.260 e. The summed E-state index contributed by atoms with van der Waals surface area (Å²) in [5.74, 6) is -0.206. The molecule has 1 aliphatic heterocycles. The molecule has 1 unspecified atom stereocenters. The Kier molecular flexibility index (Phi) is 5.90. The maximum atomic E-state index is 13.4. The van der Waals surface area contributed by atoms with Gasteiger partial charge in [0.05, 0.1) is 27.8 Å². The Hall–Kier alpha value is -2.29. The zero-order chi connectivity index (χ0) is 21.3. The van der Waals surface area contributed by atoms with Crippen LogP contribution >= 0.6 is 11.3 Å². The molecule has 0 N–H and O–H groups in total. The van der Waals surface area contributed by atoms with Crippen molar-refractivity contribution in [1.29, 1.82) is 0 Å². The highest BCUT2D eigenvalue weighted by Crippen LogP contribution is 2.33. The number of carbonyl (C=O) groups excluding carboxylic acids is 1. The molecule has 8 heteroatoms. The van der Waals surface area contributed by atoms with Crippen molar-refractivity contribution in [1.82, 2.24) is 4.98 Å². The second-order valence-electron chi connectivity index (χ2n) is 7.46. The molecule has 1 aromatic heterocycles. The fourth-order valence-electron chi connectivity index (χ4n) is 3.63. The van der Waals surface area contributed by atoms with Crippen molar-refractivity contribution < 1.29 is 17.9 Å². The molecule has 0 saturated carbocycles. The Morgan fingerprint density at radius 1 is 1.23 bits per heavy atom. The molecule has 3 aromatic rings. The molecule has 2 heterocycles. The van der Waals surface area contributed by atoms with Crippen LogP contribution in [0, 0.1) is 0 Å². The highest BCUT2D eigenvalue weighted by Gasteiger charge is 2.27. The van der Waals surface area contributed by atoms with Gasteiger partial charge >= 0.3 is 0 Å². The van der Waals surface area contributed by atoms with Gasteiger partial charge in [-0.1, -0.05) is 30.4 Å². The van der Waals surface area contributed by atoms with E-state index in [4.69, 9.17) is 9.72 Å². The number of hydrogen-bond acceptors (Lipinski definition) is 6. The molecule has 1 aliphatic rings. The van der Waals surface area contributed by atoms with Crippen LogP contribution in [0.1, 0.15) is 35.7 Å². The zero-order valence-corrected chi connectivity index (χ0v) is 18.6. The second kappa shape index (κ2) is 8.45. The molecule has 1 amide bonds. The standard InChI is InChI=1S/C22H24N2O4S2/c1-3-15-6-4-8-19-20(15)23-22(29-19)24(14-17-7-5-13-28-17)21(25)16-9-11-18(12-10-16)30(2,26)27/h4,6,8-12,17H,3,5,7,13-14H2,1-2H3. The predicted molar refractivity (Wildman–Crippen MR) is 119 cm³/mol. The molecule has 0 aliphatic carbocycles. The maximum absolute atomic E-state index is 13.4. The van der Waals surface area contributed by atoms with E-state index in [0.717, 1.165) is 41.3 Å². The van der Waals surface area contributed by atoms with Crippen molar-refractivity contribution in [3.63, 3.8) is 0 Å². The summed E-state index contributed by atoms with van der Waals surface area (Å²) < 4.78 is 30.3. The van der Waals surface area contributed by atoms with E-state index in [1.807, 2.05) is 12.1 Å². The predicted octanol–water partition coefficient (Wildman–Crippen LogP) is 4.09. The number of hydrogen-bond donors (Lipinski definition) is 0. The van der Waals surface area contributed by atoms with Gasteiger partial charge in [-0.2, -0.15) is 0 Å². The number of carbonyl (C=O) groups is 1. The van der Waals surface area contributed by atoms with Gasteiger partial charge in [0.25, 0.3) is 5.91 Å². The van der Waals surface area contributed by atoms with Gasteiger partial charge in [-0.3, -0.25) is 9.69 Å². The summed E-state index contributed by atoms with van der Waals surface area (Å²) in [6, 6.07) is 12.2. The molecule has 1 saturated heterocycles. The van der Waals surface area contributed by atoms with Gasteiger partial charge in [0.1, 0.15) is 0 Å². The Morgan fingerprint density at radius 3 is 2.63 bits per heavy atom. The molecule has 1 fully saturated rings. The van der Waals surface area contributed by atoms with Crippen LogP contribution in [0.5, 0.6) is 0 Å². The fourth-order valence-corrected chi connectivity index (χ4v) is 5.29. The zero-order valence-electron chi connectivity index (χ0n) is 17.0. The Bertz CT molecular complexity index is 1160. The average Bonchev–Trinajstić information content (AvgIpc) is 3.40. The quantitative estimate of drug-likeness (QED) is 0.572. The lowest BCUT2D eigenvalue weighted by atomic mass is 10.1. The second-order valence-corrected chi connectivity index (χ2v) is 10.5. The SMILES string of the molecule is CCc1cccc2sc(N(CC3CCCO3)C(=O)c3ccc(S(C)(=O)=O)cc3)nc12. The van der Waals surface area contributed by atoms with Crippen molar-refractivity contribution in [3.8, 4) is 0 Å². The lowest BCUT2D eigenvalue weighted by Crippen LogP contribution is -2.37. The Labute approximate surface area is 180 Å². The minimum Gasteiger partial charge on any atom is -0.376 e. The first kappa shape index (κ1) is 21.0. The minimum atomic E-state index is -3.32. The largest absolute Gasteiger partial charge is 0.376 e. The third kappa shape index (κ3) is 4.26. The van der Waals surface area contributed by atoms with Crippen LogP contribution in [0.25, 0.3) is 10.2 Å². The van der Waals surface area contributed by atoms with Crippen LogP contribution < -0.4 is 4.90 Å². The molecule has 4 rings (SSSR count). The van der Waals surface area contributed by atoms with Crippen molar-refractivity contribution in [2.24, 2.45) is 0 Å². The number of benzene rings is 2. The highest BCUT2D eigenvalue weighted by atomic mass is 32.2. The van der Waals surface area contributed by atoms with Gasteiger partial charge in [0, 0.05) is 18.4 Å². The summed E-state index contributed by atoms with van der Waals surface area (Å²) in [5, 5.41) is 0.638. The summed E-state index contributed by atoms with van der Waals surface area (Å²) in [6.45, 7) is 3.22. The third-order valence-electron chi connectivity index (χ3n) is 5.29. The van der Waals surface area contributed by atoms with Gasteiger partial charge in [-0.05, 0) is 55.2 Å². The van der Waals surface area contributed by atoms with E-state index < -0.39 is 9.84 Å². The van der Waals surface area contributed by atoms with E-state index in [1.165, 1.54) is 23.5 Å². The first-order chi connectivity index (χ1) is 14.4. The van der Waals surface area contributed by atoms with Crippen LogP contribution in [-0.4, -0.2) is 44.8 Å². The van der Waals surface area contributed by atoms with E-state index in [0.29, 0.717) is 23.8 Å². The van der Waals surface area contributed by atoms with Gasteiger partial charge in [0.2, 0.25) is 0 Å². The van der Waals surface area contributed by atoms with Crippen LogP contribution in [-0.2, 0) is 21.0 Å². The molecule has 0 bridgehead atoms. The topological polar surface area (TPSA) is 76.6 Å². The molecular weight excluding hydrogens is 420 g/mol. The number of fused-ring (bicyclic) bond motifs is 1. The first-order valence-corrected chi connectivity index (χ1v) is 12.7. The van der Waals surface area contributed by atoms with E-state index in [2.05, 4.69) is 13.0 Å². The molecular formula is C22H24N2O4S2. The molecule has 0 radical (unpaired) electrons. The average molecular weight is 445 g/mol. The van der Waals surface area contributed by atoms with Gasteiger partial charge in [0.15, 0.2) is 15.0 Å². The van der Waals surface area contributed by atoms with E-state index in [1.54, 1.807) is 17.0 Å². The monoisotopic (exact) mass is 444 g/mol. The molecule has 158 valence electrons. The number of thiazole rings is 1. The maximum Gasteiger partial charge on any atom is 0.260 e. The molecule has 6 nitrogen and oxygen atoms in total. The van der Waals surface area contributed by atoms with E-state index in [9.17, 15) is 13.2 Å². The van der Waals surface area contributed by atoms with Gasteiger partial charge < -0.3 is 4.74 Å². The van der Waals surface area contributed by atoms with Crippen molar-refractivity contribution >= 4 is 42.4 Å². The number of aromatic nitrogens is 1. The summed E-state index contributed by atoms with van der Waals surface area (Å²) in [4.78, 5) is 20.1. The number of nitrogens with zero attached hydrogens (tertiary/aromatic N) is 2. The van der Waals surface area contributed by atoms with Crippen LogP contribution in [0.3, 0.4) is 0 Å². The van der Waals surface area contributed by atoms with Crippen LogP contribution in [0.2, 0.25) is 0 Å². The minimum absolute atomic E-state index is 0.0260. The van der Waals surface area contributed by atoms with E-state index in [-0.39, 0.29) is 16.9 Å². The summed E-state index contributed by atoms with van der Waals surface area (Å²) in [7, 11) is -3.32. The van der Waals surface area contributed by atoms with Gasteiger partial charge in [-0.15, -0.1) is 0 Å². The number of sulfone groups is 1. The molecule has 30 heavy (non-hydrogen) atoms. The number of rotatable bonds is 6. The summed E-state index contributed by atoms with van der Waals surface area (Å²) >= 11 is 1.49. The number of para-hydroxylation sites is 1. The van der Waals surface area contributed by atoms with Crippen molar-refractivity contribution in [3.05, 3.63) is 53.6 Å². The molecule has 1 atom stereocenters. The first-order valence-electron chi connectivity index (χ1n) is 9.99. The molecule has 0 spiro atoms. The fraction of sp³-hybridized carbons (Fsp3) is 0.364. The van der Waals surface area contributed by atoms with Crippen molar-refractivity contribution in [2.75, 3.05) is 24.3 Å². The van der Waals surface area contributed by atoms with Crippen LogP contribution in [0.4, 0.5) is 5.13 Å². The summed E-state index contributed by atoms with van der Waals surface area (Å²) in [5.41, 5.74) is 2.50. The Morgan fingerprint density at radius 2 is 2.00 bits per heavy atom. The van der Waals surface area contributed by atoms with Crippen molar-refractivity contribution in [2.45, 2.75) is 37.2 Å². The highest BCUT2D eigenvalue weighted by molar-refractivity contribution is 7.90. The molecule has 2 aromatic carbocycles. The van der Waals surface area contributed by atoms with Gasteiger partial charge in [-0.25, -0.2) is 13.4 Å². The lowest BCUT2D eigenvalue weighted by Gasteiger charge is -2.23. The number of aryl methyl sites for hydroxylation is 1. The number of anilines is 1. The summed E-state index contributed by atoms with van der Waals surface area (Å²) in [6.07, 6.45) is 3.88. The number of amides is 1. The Balaban J connectivity index is 1.71. The van der Waals surface area contributed by atoms with E-state index >= 15 is 0 Å². The van der Waals surface area contributed by atoms with Crippen LogP contribution in [0.15, 0.2) is 47.4 Å². The lowest BCUT2D eigenvalue weighted by molar-refractivity contribution is 0.0917. The third-order valence-corrected chi connectivity index (χ3v) is 7.46. The number of ether oxygens (including phenoxy) is 1. The normalized spacial score (nSPS) is 16.8.